The van der Waals surface area contributed by atoms with Crippen LogP contribution in [0.15, 0.2) is 6.07 Å². The summed E-state index contributed by atoms with van der Waals surface area (Å²) >= 11 is 0. The van der Waals surface area contributed by atoms with Crippen molar-refractivity contribution in [2.24, 2.45) is 0 Å². The lowest BCUT2D eigenvalue weighted by atomic mass is 9.89. The van der Waals surface area contributed by atoms with Crippen LogP contribution in [0.3, 0.4) is 0 Å². The summed E-state index contributed by atoms with van der Waals surface area (Å²) in [5.41, 5.74) is 2.72. The summed E-state index contributed by atoms with van der Waals surface area (Å²) in [6, 6.07) is 2.03. The topological polar surface area (TPSA) is 36.4 Å². The molecule has 0 bridgehead atoms. The fraction of sp³-hybridized carbons (Fsp3) is 0.688. The molecule has 1 aliphatic heterocycles. The van der Waals surface area contributed by atoms with E-state index in [1.165, 1.54) is 19.3 Å². The van der Waals surface area contributed by atoms with Crippen molar-refractivity contribution < 1.29 is 5.11 Å². The maximum absolute atomic E-state index is 10.5. The fourth-order valence-electron chi connectivity index (χ4n) is 2.74. The molecule has 19 heavy (non-hydrogen) atoms. The van der Waals surface area contributed by atoms with Gasteiger partial charge in [-0.2, -0.15) is 0 Å². The molecule has 1 aliphatic rings. The number of likely N-dealkylation sites (tertiary alicyclic amines) is 1. The molecule has 1 saturated heterocycles. The van der Waals surface area contributed by atoms with Crippen molar-refractivity contribution in [3.05, 3.63) is 23.0 Å². The number of nitrogens with zero attached hydrogens (tertiary/aromatic N) is 2. The lowest BCUT2D eigenvalue weighted by Gasteiger charge is -2.28. The summed E-state index contributed by atoms with van der Waals surface area (Å²) in [7, 11) is 0. The van der Waals surface area contributed by atoms with Gasteiger partial charge in [0.05, 0.1) is 5.69 Å². The molecule has 2 rings (SSSR count). The Labute approximate surface area is 116 Å². The Kier molecular flexibility index (Phi) is 4.14. The maximum atomic E-state index is 10.5. The summed E-state index contributed by atoms with van der Waals surface area (Å²) in [5.74, 6) is 0.392. The molecule has 3 nitrogen and oxygen atoms in total. The van der Waals surface area contributed by atoms with Gasteiger partial charge in [0.15, 0.2) is 0 Å². The van der Waals surface area contributed by atoms with Gasteiger partial charge in [-0.1, -0.05) is 27.2 Å². The van der Waals surface area contributed by atoms with Crippen LogP contribution in [-0.2, 0) is 12.0 Å². The number of piperidine rings is 1. The molecule has 0 saturated carbocycles. The minimum atomic E-state index is -0.118. The lowest BCUT2D eigenvalue weighted by molar-refractivity contribution is 0.218. The summed E-state index contributed by atoms with van der Waals surface area (Å²) in [4.78, 5) is 6.96. The molecular weight excluding hydrogens is 236 g/mol. The third-order valence-electron chi connectivity index (χ3n) is 3.75. The van der Waals surface area contributed by atoms with Gasteiger partial charge in [0.25, 0.3) is 0 Å². The second-order valence-corrected chi connectivity index (χ2v) is 6.71. The van der Waals surface area contributed by atoms with Crippen molar-refractivity contribution in [2.45, 2.75) is 58.9 Å². The van der Waals surface area contributed by atoms with E-state index in [-0.39, 0.29) is 5.41 Å². The van der Waals surface area contributed by atoms with Gasteiger partial charge >= 0.3 is 0 Å². The highest BCUT2D eigenvalue weighted by atomic mass is 16.3. The first-order valence-corrected chi connectivity index (χ1v) is 7.30. The van der Waals surface area contributed by atoms with Crippen molar-refractivity contribution in [1.29, 1.82) is 0 Å². The van der Waals surface area contributed by atoms with Gasteiger partial charge in [0, 0.05) is 23.2 Å². The molecular formula is C16H26N2O. The number of rotatable bonds is 2. The van der Waals surface area contributed by atoms with Crippen LogP contribution in [0.4, 0.5) is 0 Å². The van der Waals surface area contributed by atoms with Crippen LogP contribution in [0, 0.1) is 6.92 Å². The first-order chi connectivity index (χ1) is 8.88. The van der Waals surface area contributed by atoms with Crippen LogP contribution in [-0.4, -0.2) is 28.1 Å². The van der Waals surface area contributed by atoms with Gasteiger partial charge in [0.2, 0.25) is 0 Å². The van der Waals surface area contributed by atoms with Crippen LogP contribution in [0.2, 0.25) is 0 Å². The molecule has 0 amide bonds. The molecule has 1 N–H and O–H groups in total. The van der Waals surface area contributed by atoms with Crippen LogP contribution >= 0.6 is 0 Å². The Bertz CT molecular complexity index is 443. The van der Waals surface area contributed by atoms with E-state index in [1.807, 2.05) is 13.0 Å². The van der Waals surface area contributed by atoms with Crippen molar-refractivity contribution in [2.75, 3.05) is 13.1 Å². The Morgan fingerprint density at radius 2 is 1.84 bits per heavy atom. The molecule has 2 heterocycles. The van der Waals surface area contributed by atoms with E-state index in [0.29, 0.717) is 5.75 Å². The molecule has 0 radical (unpaired) electrons. The van der Waals surface area contributed by atoms with Crippen LogP contribution < -0.4 is 0 Å². The molecule has 1 aromatic rings. The summed E-state index contributed by atoms with van der Waals surface area (Å²) < 4.78 is 0. The van der Waals surface area contributed by atoms with Crippen molar-refractivity contribution in [1.82, 2.24) is 9.88 Å². The highest BCUT2D eigenvalue weighted by Crippen LogP contribution is 2.33. The Hall–Kier alpha value is -1.09. The van der Waals surface area contributed by atoms with E-state index in [9.17, 15) is 5.11 Å². The average Bonchev–Trinajstić information content (AvgIpc) is 2.33. The molecule has 0 spiro atoms. The highest BCUT2D eigenvalue weighted by molar-refractivity contribution is 5.41. The monoisotopic (exact) mass is 262 g/mol. The lowest BCUT2D eigenvalue weighted by Crippen LogP contribution is -2.29. The normalized spacial score (nSPS) is 17.7. The molecule has 1 aromatic heterocycles. The molecule has 0 aliphatic carbocycles. The van der Waals surface area contributed by atoms with Gasteiger partial charge in [-0.3, -0.25) is 9.88 Å². The van der Waals surface area contributed by atoms with Gasteiger partial charge in [0.1, 0.15) is 5.75 Å². The second kappa shape index (κ2) is 5.49. The maximum Gasteiger partial charge on any atom is 0.142 e. The van der Waals surface area contributed by atoms with E-state index >= 15 is 0 Å². The number of aryl methyl sites for hydroxylation is 1. The quantitative estimate of drug-likeness (QED) is 0.887. The van der Waals surface area contributed by atoms with E-state index < -0.39 is 0 Å². The van der Waals surface area contributed by atoms with E-state index in [4.69, 9.17) is 0 Å². The van der Waals surface area contributed by atoms with Crippen molar-refractivity contribution in [3.63, 3.8) is 0 Å². The average molecular weight is 262 g/mol. The largest absolute Gasteiger partial charge is 0.506 e. The minimum Gasteiger partial charge on any atom is -0.506 e. The summed E-state index contributed by atoms with van der Waals surface area (Å²) in [5, 5.41) is 10.5. The predicted molar refractivity (Wildman–Crippen MR) is 78.5 cm³/mol. The standard InChI is InChI=1S/C16H26N2O/c1-12-10-13(11-18-8-6-5-7-9-18)14(19)15(17-12)16(2,3)4/h10,19H,5-9,11H2,1-4H3. The third-order valence-corrected chi connectivity index (χ3v) is 3.75. The van der Waals surface area contributed by atoms with Crippen molar-refractivity contribution in [3.8, 4) is 5.75 Å². The number of hydrogen-bond acceptors (Lipinski definition) is 3. The smallest absolute Gasteiger partial charge is 0.142 e. The number of hydrogen-bond donors (Lipinski definition) is 1. The van der Waals surface area contributed by atoms with Gasteiger partial charge in [-0.25, -0.2) is 0 Å². The Morgan fingerprint density at radius 3 is 2.42 bits per heavy atom. The van der Waals surface area contributed by atoms with E-state index in [2.05, 4.69) is 30.7 Å². The van der Waals surface area contributed by atoms with Gasteiger partial charge in [-0.05, 0) is 38.9 Å². The zero-order valence-corrected chi connectivity index (χ0v) is 12.7. The zero-order chi connectivity index (χ0) is 14.0. The Morgan fingerprint density at radius 1 is 1.21 bits per heavy atom. The number of aromatic hydroxyl groups is 1. The predicted octanol–water partition coefficient (Wildman–Crippen LogP) is 3.38. The molecule has 0 aromatic carbocycles. The molecule has 0 atom stereocenters. The fourth-order valence-corrected chi connectivity index (χ4v) is 2.74. The summed E-state index contributed by atoms with van der Waals surface area (Å²) in [6.07, 6.45) is 3.89. The Balaban J connectivity index is 2.27. The molecule has 0 unspecified atom stereocenters. The number of aromatic nitrogens is 1. The summed E-state index contributed by atoms with van der Waals surface area (Å²) in [6.45, 7) is 11.4. The van der Waals surface area contributed by atoms with Crippen molar-refractivity contribution >= 4 is 0 Å². The minimum absolute atomic E-state index is 0.118. The second-order valence-electron chi connectivity index (χ2n) is 6.71. The van der Waals surface area contributed by atoms with Crippen LogP contribution in [0.25, 0.3) is 0 Å². The van der Waals surface area contributed by atoms with Crippen LogP contribution in [0.5, 0.6) is 5.75 Å². The molecule has 1 fully saturated rings. The number of pyridine rings is 1. The van der Waals surface area contributed by atoms with E-state index in [0.717, 1.165) is 36.6 Å². The van der Waals surface area contributed by atoms with Crippen LogP contribution in [0.1, 0.15) is 57.0 Å². The highest BCUT2D eigenvalue weighted by Gasteiger charge is 2.23. The SMILES string of the molecule is Cc1cc(CN2CCCCC2)c(O)c(C(C)(C)C)n1. The third kappa shape index (κ3) is 3.47. The van der Waals surface area contributed by atoms with Gasteiger partial charge in [-0.15, -0.1) is 0 Å². The first kappa shape index (κ1) is 14.3. The van der Waals surface area contributed by atoms with Gasteiger partial charge < -0.3 is 5.11 Å². The zero-order valence-electron chi connectivity index (χ0n) is 12.7. The first-order valence-electron chi connectivity index (χ1n) is 7.30. The molecule has 106 valence electrons. The molecule has 3 heteroatoms. The van der Waals surface area contributed by atoms with E-state index in [1.54, 1.807) is 0 Å².